The Morgan fingerprint density at radius 3 is 1.81 bits per heavy atom. The van der Waals surface area contributed by atoms with E-state index >= 15 is 0 Å². The summed E-state index contributed by atoms with van der Waals surface area (Å²) in [4.78, 5) is 62.0. The highest BCUT2D eigenvalue weighted by molar-refractivity contribution is 14.1. The highest BCUT2D eigenvalue weighted by Gasteiger charge is 2.32. The maximum Gasteiger partial charge on any atom is 0.338 e. The number of carbonyl (C=O) groups is 5. The van der Waals surface area contributed by atoms with Gasteiger partial charge in [0.25, 0.3) is 0 Å². The summed E-state index contributed by atoms with van der Waals surface area (Å²) in [6.45, 7) is 4.50. The Morgan fingerprint density at radius 2 is 1.41 bits per heavy atom. The third kappa shape index (κ3) is 7.13. The predicted molar refractivity (Wildman–Crippen MR) is 141 cm³/mol. The van der Waals surface area contributed by atoms with Crippen LogP contribution in [0.2, 0.25) is 0 Å². The van der Waals surface area contributed by atoms with Crippen molar-refractivity contribution in [3.63, 3.8) is 0 Å². The van der Waals surface area contributed by atoms with Gasteiger partial charge in [0, 0.05) is 34.7 Å². The van der Waals surface area contributed by atoms with Crippen molar-refractivity contribution in [1.29, 1.82) is 0 Å². The zero-order valence-corrected chi connectivity index (χ0v) is 24.3. The Balaban J connectivity index is 3.75. The molecule has 176 valence electrons. The van der Waals surface area contributed by atoms with Crippen LogP contribution in [0.4, 0.5) is 11.4 Å². The number of carbonyl (C=O) groups excluding carboxylic acids is 4. The molecular weight excluding hydrogens is 765 g/mol. The van der Waals surface area contributed by atoms with Crippen LogP contribution in [-0.4, -0.2) is 61.1 Å². The first-order valence-electron chi connectivity index (χ1n) is 8.97. The van der Waals surface area contributed by atoms with Crippen molar-refractivity contribution in [2.45, 2.75) is 33.8 Å². The summed E-state index contributed by atoms with van der Waals surface area (Å²) in [6.07, 6.45) is -0.992. The van der Waals surface area contributed by atoms with E-state index in [2.05, 4.69) is 0 Å². The summed E-state index contributed by atoms with van der Waals surface area (Å²) in [7, 11) is 1.50. The fourth-order valence-corrected chi connectivity index (χ4v) is 7.60. The molecule has 1 unspecified atom stereocenters. The van der Waals surface area contributed by atoms with E-state index in [1.165, 1.54) is 44.5 Å². The number of hydrogen-bond acceptors (Lipinski definition) is 7. The highest BCUT2D eigenvalue weighted by atomic mass is 127. The molecule has 0 bridgehead atoms. The molecule has 1 N–H and O–H groups in total. The second-order valence-electron chi connectivity index (χ2n) is 6.56. The van der Waals surface area contributed by atoms with Crippen molar-refractivity contribution in [2.24, 2.45) is 0 Å². The van der Waals surface area contributed by atoms with E-state index in [1.807, 2.05) is 67.8 Å². The van der Waals surface area contributed by atoms with Gasteiger partial charge in [0.05, 0.1) is 34.2 Å². The van der Waals surface area contributed by atoms with Gasteiger partial charge in [-0.2, -0.15) is 0 Å². The van der Waals surface area contributed by atoms with E-state index < -0.39 is 29.9 Å². The summed E-state index contributed by atoms with van der Waals surface area (Å²) >= 11 is 5.65. The molecule has 0 heterocycles. The number of carboxylic acids is 1. The van der Waals surface area contributed by atoms with Gasteiger partial charge < -0.3 is 24.4 Å². The molecule has 13 heteroatoms. The lowest BCUT2D eigenvalue weighted by molar-refractivity contribution is -0.155. The molecule has 0 radical (unpaired) electrons. The number of anilines is 2. The number of aromatic carboxylic acids is 1. The molecule has 1 atom stereocenters. The monoisotopic (exact) mass is 786 g/mol. The molecule has 0 aliphatic rings. The van der Waals surface area contributed by atoms with Gasteiger partial charge in [-0.05, 0) is 67.8 Å². The second-order valence-corrected chi connectivity index (χ2v) is 9.80. The van der Waals surface area contributed by atoms with Gasteiger partial charge in [0.2, 0.25) is 11.8 Å². The molecule has 0 aliphatic carbocycles. The van der Waals surface area contributed by atoms with Crippen LogP contribution < -0.4 is 9.80 Å². The summed E-state index contributed by atoms with van der Waals surface area (Å²) in [5.41, 5.74) is 0.515. The van der Waals surface area contributed by atoms with Crippen LogP contribution in [0.3, 0.4) is 0 Å². The number of nitrogens with zero attached hydrogens (tertiary/aromatic N) is 2. The van der Waals surface area contributed by atoms with Crippen LogP contribution >= 0.6 is 67.8 Å². The number of ether oxygens (including phenoxy) is 2. The van der Waals surface area contributed by atoms with Gasteiger partial charge in [-0.3, -0.25) is 19.2 Å². The maximum absolute atomic E-state index is 12.6. The van der Waals surface area contributed by atoms with Crippen LogP contribution in [0.25, 0.3) is 0 Å². The number of hydrogen-bond donors (Lipinski definition) is 1. The first kappa shape index (κ1) is 28.8. The van der Waals surface area contributed by atoms with Crippen molar-refractivity contribution in [2.75, 3.05) is 30.0 Å². The Labute approximate surface area is 225 Å². The molecule has 0 spiro atoms. The third-order valence-corrected chi connectivity index (χ3v) is 7.26. The van der Waals surface area contributed by atoms with Crippen LogP contribution in [0.1, 0.15) is 38.1 Å². The molecule has 0 saturated heterocycles. The van der Waals surface area contributed by atoms with Gasteiger partial charge in [-0.1, -0.05) is 0 Å². The zero-order valence-electron chi connectivity index (χ0n) is 17.8. The van der Waals surface area contributed by atoms with Crippen molar-refractivity contribution in [3.05, 3.63) is 16.3 Å². The predicted octanol–water partition coefficient (Wildman–Crippen LogP) is 3.03. The molecule has 1 aromatic rings. The minimum absolute atomic E-state index is 0.0695. The largest absolute Gasteiger partial charge is 0.478 e. The van der Waals surface area contributed by atoms with Crippen LogP contribution in [-0.2, 0) is 28.7 Å². The Kier molecular flexibility index (Phi) is 11.1. The minimum atomic E-state index is -1.23. The molecule has 0 saturated carbocycles. The first-order chi connectivity index (χ1) is 14.7. The number of halogens is 3. The Morgan fingerprint density at radius 1 is 0.875 bits per heavy atom. The van der Waals surface area contributed by atoms with Gasteiger partial charge >= 0.3 is 17.9 Å². The lowest BCUT2D eigenvalue weighted by Gasteiger charge is -2.31. The molecule has 10 nitrogen and oxygen atoms in total. The van der Waals surface area contributed by atoms with Crippen molar-refractivity contribution >= 4 is 109 Å². The summed E-state index contributed by atoms with van der Waals surface area (Å²) in [5, 5.41) is 9.83. The number of rotatable bonds is 8. The molecular formula is C19H21I3N2O8. The van der Waals surface area contributed by atoms with Gasteiger partial charge in [0.1, 0.15) is 6.61 Å². The van der Waals surface area contributed by atoms with E-state index in [4.69, 9.17) is 9.47 Å². The average molecular weight is 786 g/mol. The second kappa shape index (κ2) is 12.3. The van der Waals surface area contributed by atoms with Crippen LogP contribution in [0, 0.1) is 10.7 Å². The number of amides is 2. The molecule has 1 rings (SSSR count). The lowest BCUT2D eigenvalue weighted by Crippen LogP contribution is -2.42. The minimum Gasteiger partial charge on any atom is -0.478 e. The number of benzene rings is 1. The Bertz CT molecular complexity index is 967. The van der Waals surface area contributed by atoms with Gasteiger partial charge in [-0.25, -0.2) is 4.79 Å². The lowest BCUT2D eigenvalue weighted by atomic mass is 10.1. The third-order valence-electron chi connectivity index (χ3n) is 4.13. The van der Waals surface area contributed by atoms with E-state index in [0.717, 1.165) is 0 Å². The number of carboxylic acid groups (broad SMARTS) is 1. The highest BCUT2D eigenvalue weighted by Crippen LogP contribution is 2.42. The topological polar surface area (TPSA) is 131 Å². The van der Waals surface area contributed by atoms with E-state index in [-0.39, 0.29) is 33.9 Å². The molecule has 1 aromatic carbocycles. The van der Waals surface area contributed by atoms with Gasteiger partial charge in [0.15, 0.2) is 6.10 Å². The summed E-state index contributed by atoms with van der Waals surface area (Å²) < 4.78 is 11.2. The van der Waals surface area contributed by atoms with E-state index in [0.29, 0.717) is 12.8 Å². The van der Waals surface area contributed by atoms with E-state index in [9.17, 15) is 29.1 Å². The first-order valence-corrected chi connectivity index (χ1v) is 12.2. The standard InChI is InChI=1S/C19H21I3N2O8/c1-8(25)23(5)17-14(20)13(19(29)30)15(21)18(16(17)22)24(9(2)26)6-12(32-11(4)28)7-31-10(3)27/h12H,6-7H2,1-5H3,(H,29,30). The molecule has 0 aliphatic heterocycles. The number of esters is 2. The van der Waals surface area contributed by atoms with Crippen molar-refractivity contribution < 1.29 is 38.6 Å². The molecule has 0 fully saturated rings. The van der Waals surface area contributed by atoms with Gasteiger partial charge in [-0.15, -0.1) is 0 Å². The average Bonchev–Trinajstić information content (AvgIpc) is 2.63. The molecule has 0 aromatic heterocycles. The van der Waals surface area contributed by atoms with Crippen molar-refractivity contribution in [3.8, 4) is 0 Å². The molecule has 2 amide bonds. The van der Waals surface area contributed by atoms with Crippen molar-refractivity contribution in [1.82, 2.24) is 0 Å². The molecule has 32 heavy (non-hydrogen) atoms. The van der Waals surface area contributed by atoms with Crippen LogP contribution in [0.5, 0.6) is 0 Å². The normalized spacial score (nSPS) is 11.4. The fraction of sp³-hybridized carbons (Fsp3) is 0.421. The summed E-state index contributed by atoms with van der Waals surface area (Å²) in [5.74, 6) is -3.25. The fourth-order valence-electron chi connectivity index (χ4n) is 2.66. The SMILES string of the molecule is CC(=O)OCC(CN(C(C)=O)c1c(I)c(C(=O)O)c(I)c(N(C)C(C)=O)c1I)OC(C)=O. The van der Waals surface area contributed by atoms with E-state index in [1.54, 1.807) is 0 Å². The van der Waals surface area contributed by atoms with Crippen LogP contribution in [0.15, 0.2) is 0 Å². The smallest absolute Gasteiger partial charge is 0.338 e. The maximum atomic E-state index is 12.6. The Hall–Kier alpha value is -1.24. The quantitative estimate of drug-likeness (QED) is 0.315. The zero-order chi connectivity index (χ0) is 24.9. The summed E-state index contributed by atoms with van der Waals surface area (Å²) in [6, 6.07) is 0.